The summed E-state index contributed by atoms with van der Waals surface area (Å²) in [7, 11) is -1.32. The highest BCUT2D eigenvalue weighted by Crippen LogP contribution is 2.25. The summed E-state index contributed by atoms with van der Waals surface area (Å²) in [4.78, 5) is 11.4. The lowest BCUT2D eigenvalue weighted by atomic mass is 10.1. The minimum absolute atomic E-state index is 0.0506. The summed E-state index contributed by atoms with van der Waals surface area (Å²) in [5.74, 6) is 0.790. The highest BCUT2D eigenvalue weighted by molar-refractivity contribution is 8.00. The third-order valence-corrected chi connectivity index (χ3v) is 5.90. The lowest BCUT2D eigenvalue weighted by molar-refractivity contribution is -0.119. The number of carbonyl (C=O) groups is 1. The fraction of sp³-hybridized carbons (Fsp3) is 0.727. The zero-order valence-electron chi connectivity index (χ0n) is 11.3. The second-order valence-electron chi connectivity index (χ2n) is 4.81. The molecule has 2 heterocycles. The number of hydrogen-bond acceptors (Lipinski definition) is 7. The van der Waals surface area contributed by atoms with Gasteiger partial charge in [-0.1, -0.05) is 11.8 Å². The molecule has 0 unspecified atom stereocenters. The first kappa shape index (κ1) is 15.3. The Kier molecular flexibility index (Phi) is 4.69. The second-order valence-corrected chi connectivity index (χ2v) is 8.33. The number of amides is 1. The Morgan fingerprint density at radius 1 is 1.55 bits per heavy atom. The molecule has 0 aliphatic carbocycles. The van der Waals surface area contributed by atoms with Crippen molar-refractivity contribution in [2.24, 2.45) is 5.92 Å². The Bertz CT molecular complexity index is 584. The molecule has 1 saturated heterocycles. The van der Waals surface area contributed by atoms with Gasteiger partial charge in [0.2, 0.25) is 11.8 Å². The molecule has 0 aromatic carbocycles. The molecule has 0 saturated carbocycles. The molecule has 112 valence electrons. The molecule has 1 N–H and O–H groups in total. The summed E-state index contributed by atoms with van der Waals surface area (Å²) in [6, 6.07) is 0. The molecule has 0 bridgehead atoms. The quantitative estimate of drug-likeness (QED) is 0.777. The molecule has 1 aliphatic heterocycles. The van der Waals surface area contributed by atoms with E-state index in [2.05, 4.69) is 15.5 Å². The predicted octanol–water partition coefficient (Wildman–Crippen LogP) is 0.273. The van der Waals surface area contributed by atoms with Gasteiger partial charge in [-0.05, 0) is 19.3 Å². The van der Waals surface area contributed by atoms with Crippen LogP contribution < -0.4 is 5.32 Å². The van der Waals surface area contributed by atoms with Crippen molar-refractivity contribution in [3.05, 3.63) is 5.89 Å². The minimum Gasteiger partial charge on any atom is -0.416 e. The molecule has 0 radical (unpaired) electrons. The van der Waals surface area contributed by atoms with Gasteiger partial charge in [0.25, 0.3) is 5.22 Å². The first-order chi connectivity index (χ1) is 9.39. The number of sulfone groups is 1. The van der Waals surface area contributed by atoms with Crippen LogP contribution >= 0.6 is 11.8 Å². The van der Waals surface area contributed by atoms with Crippen LogP contribution in [0.4, 0.5) is 0 Å². The van der Waals surface area contributed by atoms with E-state index in [1.807, 2.05) is 0 Å². The number of nitrogens with one attached hydrogen (secondary N) is 1. The van der Waals surface area contributed by atoms with Crippen LogP contribution in [-0.4, -0.2) is 48.3 Å². The summed E-state index contributed by atoms with van der Waals surface area (Å²) in [6.45, 7) is 1.75. The summed E-state index contributed by atoms with van der Waals surface area (Å²) in [6.07, 6.45) is 1.11. The topological polar surface area (TPSA) is 102 Å². The molecule has 1 amide bonds. The number of hydrogen-bond donors (Lipinski definition) is 1. The van der Waals surface area contributed by atoms with Crippen LogP contribution in [0.1, 0.15) is 19.2 Å². The minimum atomic E-state index is -2.89. The van der Waals surface area contributed by atoms with Gasteiger partial charge in [0.05, 0.1) is 16.8 Å². The first-order valence-corrected chi connectivity index (χ1v) is 9.01. The standard InChI is InChI=1S/C11H17N3O4S2/c1-7(10(15)12-2)19-11-14-13-9(18-11)5-8-3-4-20(16,17)6-8/h7-8H,3-6H2,1-2H3,(H,12,15)/t7-,8+/m1/s1. The molecule has 1 aromatic rings. The monoisotopic (exact) mass is 319 g/mol. The fourth-order valence-electron chi connectivity index (χ4n) is 2.06. The lowest BCUT2D eigenvalue weighted by Crippen LogP contribution is -2.27. The van der Waals surface area contributed by atoms with E-state index in [1.165, 1.54) is 11.8 Å². The van der Waals surface area contributed by atoms with Crippen molar-refractivity contribution in [2.45, 2.75) is 30.2 Å². The number of carbonyl (C=O) groups excluding carboxylic acids is 1. The summed E-state index contributed by atoms with van der Waals surface area (Å²) >= 11 is 1.18. The SMILES string of the molecule is CNC(=O)[C@@H](C)Sc1nnc(C[C@@H]2CCS(=O)(=O)C2)o1. The smallest absolute Gasteiger partial charge is 0.277 e. The average Bonchev–Trinajstić information content (AvgIpc) is 2.95. The third kappa shape index (κ3) is 3.95. The van der Waals surface area contributed by atoms with Crippen LogP contribution in [0.5, 0.6) is 0 Å². The van der Waals surface area contributed by atoms with E-state index < -0.39 is 9.84 Å². The van der Waals surface area contributed by atoms with Crippen LogP contribution in [0.15, 0.2) is 9.64 Å². The van der Waals surface area contributed by atoms with Crippen LogP contribution in [-0.2, 0) is 21.1 Å². The van der Waals surface area contributed by atoms with E-state index in [0.717, 1.165) is 0 Å². The highest BCUT2D eigenvalue weighted by Gasteiger charge is 2.29. The van der Waals surface area contributed by atoms with Gasteiger partial charge in [0, 0.05) is 13.5 Å². The molecule has 1 aliphatic rings. The number of aromatic nitrogens is 2. The van der Waals surface area contributed by atoms with Crippen LogP contribution in [0.2, 0.25) is 0 Å². The highest BCUT2D eigenvalue weighted by atomic mass is 32.2. The maximum absolute atomic E-state index is 11.4. The van der Waals surface area contributed by atoms with E-state index >= 15 is 0 Å². The third-order valence-electron chi connectivity index (χ3n) is 3.13. The van der Waals surface area contributed by atoms with Crippen LogP contribution in [0.3, 0.4) is 0 Å². The van der Waals surface area contributed by atoms with Gasteiger partial charge in [0.15, 0.2) is 9.84 Å². The molecule has 9 heteroatoms. The lowest BCUT2D eigenvalue weighted by Gasteiger charge is -2.05. The van der Waals surface area contributed by atoms with Crippen molar-refractivity contribution in [3.63, 3.8) is 0 Å². The summed E-state index contributed by atoms with van der Waals surface area (Å²) in [5, 5.41) is 10.3. The number of thioether (sulfide) groups is 1. The second kappa shape index (κ2) is 6.13. The van der Waals surface area contributed by atoms with Crippen molar-refractivity contribution in [1.29, 1.82) is 0 Å². The number of nitrogens with zero attached hydrogens (tertiary/aromatic N) is 2. The van der Waals surface area contributed by atoms with Gasteiger partial charge < -0.3 is 9.73 Å². The molecule has 7 nitrogen and oxygen atoms in total. The van der Waals surface area contributed by atoms with Gasteiger partial charge in [-0.15, -0.1) is 10.2 Å². The van der Waals surface area contributed by atoms with Crippen LogP contribution in [0.25, 0.3) is 0 Å². The molecule has 2 atom stereocenters. The number of rotatable bonds is 5. The Morgan fingerprint density at radius 3 is 2.90 bits per heavy atom. The van der Waals surface area contributed by atoms with E-state index in [1.54, 1.807) is 14.0 Å². The van der Waals surface area contributed by atoms with E-state index in [4.69, 9.17) is 4.42 Å². The Morgan fingerprint density at radius 2 is 2.30 bits per heavy atom. The Labute approximate surface area is 121 Å². The molecular weight excluding hydrogens is 302 g/mol. The van der Waals surface area contributed by atoms with Crippen molar-refractivity contribution >= 4 is 27.5 Å². The van der Waals surface area contributed by atoms with Gasteiger partial charge in [-0.25, -0.2) is 8.42 Å². The Balaban J connectivity index is 1.91. The molecule has 1 aromatic heterocycles. The molecule has 1 fully saturated rings. The zero-order chi connectivity index (χ0) is 14.8. The van der Waals surface area contributed by atoms with Crippen molar-refractivity contribution in [1.82, 2.24) is 15.5 Å². The first-order valence-electron chi connectivity index (χ1n) is 6.30. The molecule has 20 heavy (non-hydrogen) atoms. The molecule has 2 rings (SSSR count). The van der Waals surface area contributed by atoms with Gasteiger partial charge in [-0.3, -0.25) is 4.79 Å². The largest absolute Gasteiger partial charge is 0.416 e. The van der Waals surface area contributed by atoms with E-state index in [0.29, 0.717) is 24.0 Å². The molecule has 0 spiro atoms. The van der Waals surface area contributed by atoms with Crippen LogP contribution in [0, 0.1) is 5.92 Å². The maximum Gasteiger partial charge on any atom is 0.277 e. The van der Waals surface area contributed by atoms with Crippen molar-refractivity contribution < 1.29 is 17.6 Å². The van der Waals surface area contributed by atoms with Crippen molar-refractivity contribution in [3.8, 4) is 0 Å². The predicted molar refractivity (Wildman–Crippen MR) is 74.1 cm³/mol. The van der Waals surface area contributed by atoms with Gasteiger partial charge in [-0.2, -0.15) is 0 Å². The normalized spacial score (nSPS) is 22.6. The van der Waals surface area contributed by atoms with E-state index in [9.17, 15) is 13.2 Å². The fourth-order valence-corrected chi connectivity index (χ4v) is 4.68. The van der Waals surface area contributed by atoms with Gasteiger partial charge >= 0.3 is 0 Å². The van der Waals surface area contributed by atoms with Crippen molar-refractivity contribution in [2.75, 3.05) is 18.6 Å². The average molecular weight is 319 g/mol. The Hall–Kier alpha value is -1.09. The van der Waals surface area contributed by atoms with Gasteiger partial charge in [0.1, 0.15) is 0 Å². The maximum atomic E-state index is 11.4. The van der Waals surface area contributed by atoms with E-state index in [-0.39, 0.29) is 28.6 Å². The summed E-state index contributed by atoms with van der Waals surface area (Å²) < 4.78 is 28.2. The molecular formula is C11H17N3O4S2. The zero-order valence-corrected chi connectivity index (χ0v) is 13.0. The summed E-state index contributed by atoms with van der Waals surface area (Å²) in [5.41, 5.74) is 0.